The fourth-order valence-electron chi connectivity index (χ4n) is 2.35. The van der Waals surface area contributed by atoms with Gasteiger partial charge in [0.05, 0.1) is 11.5 Å². The van der Waals surface area contributed by atoms with Crippen molar-refractivity contribution in [3.63, 3.8) is 0 Å². The largest absolute Gasteiger partial charge is 0.494 e. The van der Waals surface area contributed by atoms with Gasteiger partial charge in [-0.25, -0.2) is 8.42 Å². The Morgan fingerprint density at radius 1 is 1.08 bits per heavy atom. The maximum atomic E-state index is 12.6. The van der Waals surface area contributed by atoms with Crippen molar-refractivity contribution in [3.05, 3.63) is 53.6 Å². The van der Waals surface area contributed by atoms with Gasteiger partial charge in [0.2, 0.25) is 0 Å². The zero-order chi connectivity index (χ0) is 19.2. The van der Waals surface area contributed by atoms with Gasteiger partial charge in [-0.15, -0.1) is 0 Å². The lowest BCUT2D eigenvalue weighted by molar-refractivity contribution is 0.0953. The molecule has 0 aliphatic carbocycles. The van der Waals surface area contributed by atoms with Gasteiger partial charge in [-0.3, -0.25) is 9.52 Å². The maximum Gasteiger partial charge on any atom is 0.261 e. The van der Waals surface area contributed by atoms with Gasteiger partial charge in [0, 0.05) is 17.8 Å². The fourth-order valence-corrected chi connectivity index (χ4v) is 3.43. The van der Waals surface area contributed by atoms with Crippen LogP contribution in [0.4, 0.5) is 5.69 Å². The smallest absolute Gasteiger partial charge is 0.261 e. The van der Waals surface area contributed by atoms with E-state index < -0.39 is 10.0 Å². The zero-order valence-electron chi connectivity index (χ0n) is 15.2. The molecule has 0 aliphatic rings. The topological polar surface area (TPSA) is 84.5 Å². The highest BCUT2D eigenvalue weighted by atomic mass is 32.2. The summed E-state index contributed by atoms with van der Waals surface area (Å²) in [6, 6.07) is 11.2. The summed E-state index contributed by atoms with van der Waals surface area (Å²) in [7, 11) is -3.80. The molecule has 2 N–H and O–H groups in total. The van der Waals surface area contributed by atoms with E-state index in [-0.39, 0.29) is 10.8 Å². The number of carbonyl (C=O) groups excluding carboxylic acids is 1. The molecule has 0 saturated carbocycles. The number of rotatable bonds is 8. The molecule has 0 unspecified atom stereocenters. The number of nitrogens with one attached hydrogen (secondary N) is 2. The third-order valence-corrected chi connectivity index (χ3v) is 5.10. The summed E-state index contributed by atoms with van der Waals surface area (Å²) in [4.78, 5) is 12.3. The second kappa shape index (κ2) is 8.71. The van der Waals surface area contributed by atoms with Gasteiger partial charge in [0.25, 0.3) is 15.9 Å². The monoisotopic (exact) mass is 376 g/mol. The van der Waals surface area contributed by atoms with Gasteiger partial charge in [0.15, 0.2) is 0 Å². The van der Waals surface area contributed by atoms with Crippen LogP contribution in [0.1, 0.15) is 36.2 Å². The normalized spacial score (nSPS) is 11.0. The highest BCUT2D eigenvalue weighted by Crippen LogP contribution is 2.21. The average Bonchev–Trinajstić information content (AvgIpc) is 2.61. The van der Waals surface area contributed by atoms with E-state index in [0.717, 1.165) is 12.0 Å². The van der Waals surface area contributed by atoms with Gasteiger partial charge >= 0.3 is 0 Å². The lowest BCUT2D eigenvalue weighted by atomic mass is 10.1. The number of hydrogen-bond donors (Lipinski definition) is 2. The van der Waals surface area contributed by atoms with Crippen LogP contribution in [-0.4, -0.2) is 27.5 Å². The maximum absolute atomic E-state index is 12.6. The predicted molar refractivity (Wildman–Crippen MR) is 102 cm³/mol. The molecular weight excluding hydrogens is 352 g/mol. The number of amides is 1. The van der Waals surface area contributed by atoms with E-state index in [0.29, 0.717) is 30.2 Å². The number of carbonyl (C=O) groups is 1. The third kappa shape index (κ3) is 4.98. The molecule has 0 fully saturated rings. The summed E-state index contributed by atoms with van der Waals surface area (Å²) < 4.78 is 33.1. The third-order valence-electron chi connectivity index (χ3n) is 3.72. The molecule has 0 radical (unpaired) electrons. The fraction of sp³-hybridized carbons (Fsp3) is 0.316. The van der Waals surface area contributed by atoms with Crippen LogP contribution in [0, 0.1) is 6.92 Å². The number of aryl methyl sites for hydroxylation is 1. The Balaban J connectivity index is 2.24. The standard InChI is InChI=1S/C19H24N2O4S/c1-4-12-20-19(22)18-13-17(11-6-14(18)3)26(23,24)21-15-7-9-16(10-8-15)25-5-2/h6-11,13,21H,4-5,12H2,1-3H3,(H,20,22). The Kier molecular flexibility index (Phi) is 6.63. The summed E-state index contributed by atoms with van der Waals surface area (Å²) in [5.41, 5.74) is 1.50. The van der Waals surface area contributed by atoms with Crippen LogP contribution in [0.25, 0.3) is 0 Å². The van der Waals surface area contributed by atoms with Crippen LogP contribution in [-0.2, 0) is 10.0 Å². The number of ether oxygens (including phenoxy) is 1. The number of anilines is 1. The van der Waals surface area contributed by atoms with Crippen LogP contribution >= 0.6 is 0 Å². The lowest BCUT2D eigenvalue weighted by Gasteiger charge is -2.12. The first-order valence-electron chi connectivity index (χ1n) is 8.52. The molecule has 140 valence electrons. The number of benzene rings is 2. The van der Waals surface area contributed by atoms with Gasteiger partial charge in [0.1, 0.15) is 5.75 Å². The predicted octanol–water partition coefficient (Wildman–Crippen LogP) is 3.33. The average molecular weight is 376 g/mol. The second-order valence-corrected chi connectivity index (χ2v) is 7.48. The van der Waals surface area contributed by atoms with Gasteiger partial charge in [-0.2, -0.15) is 0 Å². The molecule has 6 nitrogen and oxygen atoms in total. The molecule has 0 atom stereocenters. The van der Waals surface area contributed by atoms with Crippen molar-refractivity contribution in [1.29, 1.82) is 0 Å². The van der Waals surface area contributed by atoms with Crippen molar-refractivity contribution in [2.45, 2.75) is 32.1 Å². The van der Waals surface area contributed by atoms with E-state index in [1.165, 1.54) is 12.1 Å². The van der Waals surface area contributed by atoms with Crippen molar-refractivity contribution >= 4 is 21.6 Å². The van der Waals surface area contributed by atoms with Crippen molar-refractivity contribution in [1.82, 2.24) is 5.32 Å². The quantitative estimate of drug-likeness (QED) is 0.740. The molecule has 2 aromatic rings. The first-order valence-corrected chi connectivity index (χ1v) is 10.00. The molecular formula is C19H24N2O4S. The van der Waals surface area contributed by atoms with Crippen LogP contribution in [0.5, 0.6) is 5.75 Å². The SMILES string of the molecule is CCCNC(=O)c1cc(S(=O)(=O)Nc2ccc(OCC)cc2)ccc1C. The van der Waals surface area contributed by atoms with E-state index in [1.807, 2.05) is 13.8 Å². The minimum Gasteiger partial charge on any atom is -0.494 e. The first-order chi connectivity index (χ1) is 12.4. The molecule has 0 bridgehead atoms. The first kappa shape index (κ1) is 19.8. The Labute approximate surface area is 154 Å². The van der Waals surface area contributed by atoms with Gasteiger partial charge < -0.3 is 10.1 Å². The van der Waals surface area contributed by atoms with E-state index >= 15 is 0 Å². The van der Waals surface area contributed by atoms with Crippen LogP contribution in [0.15, 0.2) is 47.4 Å². The Hall–Kier alpha value is -2.54. The number of hydrogen-bond acceptors (Lipinski definition) is 4. The summed E-state index contributed by atoms with van der Waals surface area (Å²) in [5.74, 6) is 0.392. The van der Waals surface area contributed by atoms with Crippen LogP contribution in [0.3, 0.4) is 0 Å². The van der Waals surface area contributed by atoms with E-state index in [1.54, 1.807) is 37.3 Å². The zero-order valence-corrected chi connectivity index (χ0v) is 16.0. The van der Waals surface area contributed by atoms with Crippen molar-refractivity contribution in [2.75, 3.05) is 17.9 Å². The Morgan fingerprint density at radius 3 is 2.38 bits per heavy atom. The van der Waals surface area contributed by atoms with Crippen LogP contribution < -0.4 is 14.8 Å². The summed E-state index contributed by atoms with van der Waals surface area (Å²) in [6.45, 7) is 6.69. The lowest BCUT2D eigenvalue weighted by Crippen LogP contribution is -2.25. The minimum absolute atomic E-state index is 0.0404. The van der Waals surface area contributed by atoms with Crippen molar-refractivity contribution in [2.24, 2.45) is 0 Å². The minimum atomic E-state index is -3.80. The van der Waals surface area contributed by atoms with Crippen LogP contribution in [0.2, 0.25) is 0 Å². The van der Waals surface area contributed by atoms with E-state index in [9.17, 15) is 13.2 Å². The molecule has 7 heteroatoms. The second-order valence-electron chi connectivity index (χ2n) is 5.80. The summed E-state index contributed by atoms with van der Waals surface area (Å²) in [5, 5.41) is 2.77. The summed E-state index contributed by atoms with van der Waals surface area (Å²) >= 11 is 0. The highest BCUT2D eigenvalue weighted by Gasteiger charge is 2.18. The Morgan fingerprint density at radius 2 is 1.77 bits per heavy atom. The molecule has 0 aromatic heterocycles. The molecule has 0 heterocycles. The van der Waals surface area contributed by atoms with E-state index in [4.69, 9.17) is 4.74 Å². The molecule has 2 rings (SSSR count). The Bertz CT molecular complexity index is 862. The molecule has 0 spiro atoms. The van der Waals surface area contributed by atoms with Crippen molar-refractivity contribution < 1.29 is 17.9 Å². The van der Waals surface area contributed by atoms with Gasteiger partial charge in [-0.05, 0) is 62.2 Å². The highest BCUT2D eigenvalue weighted by molar-refractivity contribution is 7.92. The van der Waals surface area contributed by atoms with E-state index in [2.05, 4.69) is 10.0 Å². The van der Waals surface area contributed by atoms with Crippen molar-refractivity contribution in [3.8, 4) is 5.75 Å². The molecule has 1 amide bonds. The number of sulfonamides is 1. The molecule has 26 heavy (non-hydrogen) atoms. The molecule has 2 aromatic carbocycles. The summed E-state index contributed by atoms with van der Waals surface area (Å²) in [6.07, 6.45) is 0.808. The molecule has 0 saturated heterocycles. The van der Waals surface area contributed by atoms with Gasteiger partial charge in [-0.1, -0.05) is 13.0 Å². The molecule has 0 aliphatic heterocycles.